The Morgan fingerprint density at radius 3 is 2.68 bits per heavy atom. The summed E-state index contributed by atoms with van der Waals surface area (Å²) in [5.74, 6) is 0.665. The Bertz CT molecular complexity index is 984. The summed E-state index contributed by atoms with van der Waals surface area (Å²) in [6, 6.07) is 9.63. The third kappa shape index (κ3) is 5.36. The maximum Gasteiger partial charge on any atom is 0.251 e. The minimum Gasteiger partial charge on any atom is -0.395 e. The number of imidazole rings is 1. The standard InChI is InChI=1S/C22H29N7O2/c30-14-9-23-20-19-21(25-15-24-20)29(16-26-19)11-4-10-28-12-7-18(8-13-28)27-22(31)17-5-2-1-3-6-17/h1-3,5-6,15-16,18,30H,4,7-14H2,(H,27,31)(H,23,24,25). The molecule has 0 unspecified atom stereocenters. The van der Waals surface area contributed by atoms with Gasteiger partial charge in [0.1, 0.15) is 11.8 Å². The SMILES string of the molecule is O=C(NC1CCN(CCCn2cnc3c(NCCO)ncnc32)CC1)c1ccccc1. The molecule has 1 aliphatic heterocycles. The maximum absolute atomic E-state index is 12.3. The molecule has 4 rings (SSSR count). The van der Waals surface area contributed by atoms with E-state index < -0.39 is 0 Å². The number of hydrogen-bond donors (Lipinski definition) is 3. The zero-order chi connectivity index (χ0) is 21.5. The first-order valence-corrected chi connectivity index (χ1v) is 10.8. The van der Waals surface area contributed by atoms with Crippen LogP contribution in [0.25, 0.3) is 11.2 Å². The minimum atomic E-state index is 0.0147. The van der Waals surface area contributed by atoms with E-state index in [1.807, 2.05) is 34.9 Å². The van der Waals surface area contributed by atoms with Crippen molar-refractivity contribution in [3.8, 4) is 0 Å². The highest BCUT2D eigenvalue weighted by Gasteiger charge is 2.21. The van der Waals surface area contributed by atoms with Crippen molar-refractivity contribution in [2.45, 2.75) is 31.8 Å². The normalized spacial score (nSPS) is 15.3. The van der Waals surface area contributed by atoms with E-state index in [1.165, 1.54) is 6.33 Å². The Morgan fingerprint density at radius 2 is 1.90 bits per heavy atom. The van der Waals surface area contributed by atoms with Gasteiger partial charge in [-0.1, -0.05) is 18.2 Å². The molecule has 1 amide bonds. The summed E-state index contributed by atoms with van der Waals surface area (Å²) in [4.78, 5) is 27.8. The number of carbonyl (C=O) groups is 1. The average Bonchev–Trinajstić information content (AvgIpc) is 3.23. The third-order valence-electron chi connectivity index (χ3n) is 5.64. The first-order valence-electron chi connectivity index (χ1n) is 10.8. The number of amides is 1. The summed E-state index contributed by atoms with van der Waals surface area (Å²) in [6.07, 6.45) is 6.26. The molecule has 31 heavy (non-hydrogen) atoms. The Labute approximate surface area is 181 Å². The van der Waals surface area contributed by atoms with Crippen LogP contribution in [-0.4, -0.2) is 74.3 Å². The van der Waals surface area contributed by atoms with Crippen LogP contribution in [0.5, 0.6) is 0 Å². The van der Waals surface area contributed by atoms with Crippen LogP contribution in [0.15, 0.2) is 43.0 Å². The van der Waals surface area contributed by atoms with E-state index in [2.05, 4.69) is 30.5 Å². The van der Waals surface area contributed by atoms with Gasteiger partial charge in [0, 0.05) is 37.8 Å². The number of piperidine rings is 1. The number of fused-ring (bicyclic) bond motifs is 1. The number of aryl methyl sites for hydroxylation is 1. The molecular formula is C22H29N7O2. The van der Waals surface area contributed by atoms with E-state index in [0.717, 1.165) is 62.2 Å². The molecule has 9 nitrogen and oxygen atoms in total. The lowest BCUT2D eigenvalue weighted by atomic mass is 10.0. The lowest BCUT2D eigenvalue weighted by Gasteiger charge is -2.32. The maximum atomic E-state index is 12.3. The predicted molar refractivity (Wildman–Crippen MR) is 119 cm³/mol. The number of nitrogens with zero attached hydrogens (tertiary/aromatic N) is 5. The van der Waals surface area contributed by atoms with Gasteiger partial charge in [0.05, 0.1) is 12.9 Å². The van der Waals surface area contributed by atoms with Crippen LogP contribution in [0.3, 0.4) is 0 Å². The molecule has 1 saturated heterocycles. The second kappa shape index (κ2) is 10.3. The summed E-state index contributed by atoms with van der Waals surface area (Å²) in [5, 5.41) is 15.2. The van der Waals surface area contributed by atoms with Crippen LogP contribution >= 0.6 is 0 Å². The number of benzene rings is 1. The Balaban J connectivity index is 1.22. The van der Waals surface area contributed by atoms with Gasteiger partial charge in [-0.2, -0.15) is 0 Å². The molecule has 0 atom stereocenters. The first kappa shape index (κ1) is 21.2. The smallest absolute Gasteiger partial charge is 0.251 e. The average molecular weight is 424 g/mol. The van der Waals surface area contributed by atoms with E-state index in [1.54, 1.807) is 6.33 Å². The second-order valence-electron chi connectivity index (χ2n) is 7.79. The van der Waals surface area contributed by atoms with Crippen molar-refractivity contribution < 1.29 is 9.90 Å². The largest absolute Gasteiger partial charge is 0.395 e. The molecule has 0 saturated carbocycles. The molecule has 1 aliphatic rings. The summed E-state index contributed by atoms with van der Waals surface area (Å²) < 4.78 is 2.05. The van der Waals surface area contributed by atoms with Gasteiger partial charge in [-0.15, -0.1) is 0 Å². The van der Waals surface area contributed by atoms with Gasteiger partial charge in [0.15, 0.2) is 11.5 Å². The number of rotatable bonds is 9. The lowest BCUT2D eigenvalue weighted by Crippen LogP contribution is -2.44. The molecule has 0 bridgehead atoms. The molecular weight excluding hydrogens is 394 g/mol. The second-order valence-corrected chi connectivity index (χ2v) is 7.79. The number of hydrogen-bond acceptors (Lipinski definition) is 7. The highest BCUT2D eigenvalue weighted by atomic mass is 16.3. The van der Waals surface area contributed by atoms with E-state index in [-0.39, 0.29) is 18.6 Å². The van der Waals surface area contributed by atoms with Crippen LogP contribution in [0.2, 0.25) is 0 Å². The van der Waals surface area contributed by atoms with Crippen LogP contribution in [0, 0.1) is 0 Å². The van der Waals surface area contributed by atoms with Crippen LogP contribution in [0.1, 0.15) is 29.6 Å². The molecule has 0 radical (unpaired) electrons. The zero-order valence-corrected chi connectivity index (χ0v) is 17.6. The molecule has 1 fully saturated rings. The first-order chi connectivity index (χ1) is 15.2. The van der Waals surface area contributed by atoms with E-state index in [4.69, 9.17) is 5.11 Å². The van der Waals surface area contributed by atoms with Crippen LogP contribution in [-0.2, 0) is 6.54 Å². The lowest BCUT2D eigenvalue weighted by molar-refractivity contribution is 0.0910. The number of nitrogens with one attached hydrogen (secondary N) is 2. The van der Waals surface area contributed by atoms with Crippen LogP contribution in [0.4, 0.5) is 5.82 Å². The van der Waals surface area contributed by atoms with Crippen molar-refractivity contribution >= 4 is 22.9 Å². The van der Waals surface area contributed by atoms with Gasteiger partial charge in [-0.05, 0) is 37.9 Å². The van der Waals surface area contributed by atoms with Gasteiger partial charge in [-0.25, -0.2) is 15.0 Å². The van der Waals surface area contributed by atoms with Gasteiger partial charge >= 0.3 is 0 Å². The third-order valence-corrected chi connectivity index (χ3v) is 5.64. The quantitative estimate of drug-likeness (QED) is 0.479. The number of aliphatic hydroxyl groups is 1. The highest BCUT2D eigenvalue weighted by molar-refractivity contribution is 5.94. The Morgan fingerprint density at radius 1 is 1.10 bits per heavy atom. The van der Waals surface area contributed by atoms with E-state index in [9.17, 15) is 4.79 Å². The van der Waals surface area contributed by atoms with Gasteiger partial charge in [0.25, 0.3) is 5.91 Å². The van der Waals surface area contributed by atoms with Crippen molar-refractivity contribution in [3.63, 3.8) is 0 Å². The molecule has 3 heterocycles. The molecule has 3 N–H and O–H groups in total. The topological polar surface area (TPSA) is 108 Å². The molecule has 2 aromatic heterocycles. The monoisotopic (exact) mass is 423 g/mol. The fourth-order valence-corrected chi connectivity index (χ4v) is 3.97. The summed E-state index contributed by atoms with van der Waals surface area (Å²) in [7, 11) is 0. The number of carbonyl (C=O) groups excluding carboxylic acids is 1. The predicted octanol–water partition coefficient (Wildman–Crippen LogP) is 1.52. The molecule has 1 aromatic carbocycles. The summed E-state index contributed by atoms with van der Waals surface area (Å²) in [5.41, 5.74) is 2.25. The van der Waals surface area contributed by atoms with E-state index in [0.29, 0.717) is 12.4 Å². The molecule has 164 valence electrons. The van der Waals surface area contributed by atoms with Gasteiger partial charge < -0.3 is 25.2 Å². The fraction of sp³-hybridized carbons (Fsp3) is 0.455. The van der Waals surface area contributed by atoms with E-state index >= 15 is 0 Å². The number of likely N-dealkylation sites (tertiary alicyclic amines) is 1. The molecule has 0 aliphatic carbocycles. The van der Waals surface area contributed by atoms with Crippen molar-refractivity contribution in [2.24, 2.45) is 0 Å². The van der Waals surface area contributed by atoms with Crippen LogP contribution < -0.4 is 10.6 Å². The fourth-order valence-electron chi connectivity index (χ4n) is 3.97. The summed E-state index contributed by atoms with van der Waals surface area (Å²) in [6.45, 7) is 4.28. The van der Waals surface area contributed by atoms with Crippen molar-refractivity contribution in [3.05, 3.63) is 48.5 Å². The van der Waals surface area contributed by atoms with Crippen molar-refractivity contribution in [1.82, 2.24) is 29.7 Å². The number of aliphatic hydroxyl groups excluding tert-OH is 1. The zero-order valence-electron chi connectivity index (χ0n) is 17.6. The molecule has 3 aromatic rings. The Hall–Kier alpha value is -3.04. The number of anilines is 1. The molecule has 0 spiro atoms. The summed E-state index contributed by atoms with van der Waals surface area (Å²) >= 11 is 0. The Kier molecular flexibility index (Phi) is 7.06. The number of aromatic nitrogens is 4. The van der Waals surface area contributed by atoms with Crippen molar-refractivity contribution in [1.29, 1.82) is 0 Å². The van der Waals surface area contributed by atoms with Gasteiger partial charge in [-0.3, -0.25) is 4.79 Å². The highest BCUT2D eigenvalue weighted by Crippen LogP contribution is 2.18. The van der Waals surface area contributed by atoms with Crippen molar-refractivity contribution in [2.75, 3.05) is 38.1 Å². The van der Waals surface area contributed by atoms with Gasteiger partial charge in [0.2, 0.25) is 0 Å². The molecule has 9 heteroatoms. The minimum absolute atomic E-state index is 0.0147.